The summed E-state index contributed by atoms with van der Waals surface area (Å²) in [5, 5.41) is 2.19. The molecule has 0 spiro atoms. The van der Waals surface area contributed by atoms with Crippen LogP contribution in [0.1, 0.15) is 12.8 Å². The summed E-state index contributed by atoms with van der Waals surface area (Å²) in [6, 6.07) is 0. The van der Waals surface area contributed by atoms with Gasteiger partial charge in [0, 0.05) is 19.4 Å². The van der Waals surface area contributed by atoms with Crippen LogP contribution in [0.2, 0.25) is 0 Å². The lowest BCUT2D eigenvalue weighted by Gasteiger charge is -2.41. The van der Waals surface area contributed by atoms with Crippen LogP contribution in [0.5, 0.6) is 0 Å². The fraction of sp³-hybridized carbons (Fsp3) is 1.00. The normalized spacial score (nSPS) is 49.1. The van der Waals surface area contributed by atoms with Gasteiger partial charge in [0.15, 0.2) is 0 Å². The lowest BCUT2D eigenvalue weighted by atomic mass is 9.71. The Balaban J connectivity index is 2.19. The summed E-state index contributed by atoms with van der Waals surface area (Å²) < 4.78 is 49.3. The fourth-order valence-electron chi connectivity index (χ4n) is 1.91. The predicted octanol–water partition coefficient (Wildman–Crippen LogP) is 1.39. The summed E-state index contributed by atoms with van der Waals surface area (Å²) in [5.74, 6) is 0. The van der Waals surface area contributed by atoms with Crippen molar-refractivity contribution in [3.05, 3.63) is 0 Å². The smallest absolute Gasteiger partial charge is 0.300 e. The highest BCUT2D eigenvalue weighted by Gasteiger charge is 2.73. The number of nitrogens with one attached hydrogen (secondary N) is 1. The third kappa shape index (κ3) is 0.745. The lowest BCUT2D eigenvalue weighted by Crippen LogP contribution is -2.59. The lowest BCUT2D eigenvalue weighted by molar-refractivity contribution is -0.221. The van der Waals surface area contributed by atoms with Gasteiger partial charge < -0.3 is 5.32 Å². The highest BCUT2D eigenvalue weighted by molar-refractivity contribution is 5.21. The summed E-state index contributed by atoms with van der Waals surface area (Å²) in [6.45, 7) is -0.146. The first-order valence-corrected chi connectivity index (χ1v) is 3.38. The van der Waals surface area contributed by atoms with Gasteiger partial charge in [-0.05, 0) is 0 Å². The minimum atomic E-state index is -4.29. The van der Waals surface area contributed by atoms with Gasteiger partial charge in [-0.25, -0.2) is 4.39 Å². The molecule has 0 aromatic carbocycles. The van der Waals surface area contributed by atoms with Crippen molar-refractivity contribution in [1.82, 2.24) is 5.32 Å². The van der Waals surface area contributed by atoms with Crippen molar-refractivity contribution in [1.29, 1.82) is 0 Å². The van der Waals surface area contributed by atoms with E-state index in [0.29, 0.717) is 0 Å². The van der Waals surface area contributed by atoms with E-state index in [1.165, 1.54) is 0 Å². The van der Waals surface area contributed by atoms with E-state index in [-0.39, 0.29) is 6.54 Å². The predicted molar refractivity (Wildman–Crippen MR) is 29.9 cm³/mol. The average molecular weight is 169 g/mol. The van der Waals surface area contributed by atoms with Crippen LogP contribution < -0.4 is 5.32 Å². The highest BCUT2D eigenvalue weighted by Crippen LogP contribution is 2.56. The molecule has 0 aromatic rings. The van der Waals surface area contributed by atoms with Gasteiger partial charge in [-0.1, -0.05) is 0 Å². The molecule has 2 saturated heterocycles. The van der Waals surface area contributed by atoms with Crippen molar-refractivity contribution in [2.24, 2.45) is 0 Å². The third-order valence-corrected chi connectivity index (χ3v) is 2.52. The molecule has 3 rings (SSSR count). The van der Waals surface area contributed by atoms with Gasteiger partial charge in [-0.2, -0.15) is 13.2 Å². The molecule has 2 bridgehead atoms. The van der Waals surface area contributed by atoms with Crippen molar-refractivity contribution in [3.8, 4) is 0 Å². The number of fused-ring (bicyclic) bond motifs is 1. The van der Waals surface area contributed by atoms with Crippen LogP contribution in [0.3, 0.4) is 0 Å². The third-order valence-electron chi connectivity index (χ3n) is 2.52. The van der Waals surface area contributed by atoms with Crippen LogP contribution in [-0.4, -0.2) is 23.9 Å². The SMILES string of the molecule is FC12CNC(C(F)(F)F)(C1)C2. The molecule has 1 N–H and O–H groups in total. The van der Waals surface area contributed by atoms with Crippen molar-refractivity contribution in [2.45, 2.75) is 30.2 Å². The molecule has 1 nitrogen and oxygen atoms in total. The molecule has 3 fully saturated rings. The second kappa shape index (κ2) is 1.55. The van der Waals surface area contributed by atoms with E-state index in [1.54, 1.807) is 0 Å². The maximum absolute atomic E-state index is 12.9. The monoisotopic (exact) mass is 169 g/mol. The molecule has 0 aromatic heterocycles. The van der Waals surface area contributed by atoms with Gasteiger partial charge in [-0.15, -0.1) is 0 Å². The van der Waals surface area contributed by atoms with E-state index >= 15 is 0 Å². The molecular formula is C6H7F4N. The Labute approximate surface area is 60.8 Å². The first kappa shape index (κ1) is 7.34. The van der Waals surface area contributed by atoms with Gasteiger partial charge >= 0.3 is 6.18 Å². The van der Waals surface area contributed by atoms with E-state index in [1.807, 2.05) is 0 Å². The second-order valence-corrected chi connectivity index (χ2v) is 3.44. The standard InChI is InChI=1S/C6H7F4N/c7-4-1-5(2-4,11-3-4)6(8,9)10/h11H,1-3H2. The Morgan fingerprint density at radius 1 is 1.18 bits per heavy atom. The maximum atomic E-state index is 12.9. The van der Waals surface area contributed by atoms with Crippen LogP contribution in [0.4, 0.5) is 17.6 Å². The van der Waals surface area contributed by atoms with Crippen molar-refractivity contribution in [3.63, 3.8) is 0 Å². The van der Waals surface area contributed by atoms with Crippen LogP contribution in [0.25, 0.3) is 0 Å². The average Bonchev–Trinajstić information content (AvgIpc) is 2.16. The minimum absolute atomic E-state index is 0.146. The van der Waals surface area contributed by atoms with E-state index in [2.05, 4.69) is 5.32 Å². The van der Waals surface area contributed by atoms with E-state index in [0.717, 1.165) is 0 Å². The zero-order chi connectivity index (χ0) is 8.33. The number of rotatable bonds is 0. The number of hydrogen-bond donors (Lipinski definition) is 1. The minimum Gasteiger partial charge on any atom is -0.300 e. The van der Waals surface area contributed by atoms with Gasteiger partial charge in [0.1, 0.15) is 11.2 Å². The van der Waals surface area contributed by atoms with Crippen molar-refractivity contribution in [2.75, 3.05) is 6.54 Å². The molecule has 3 aliphatic rings. The number of alkyl halides is 4. The summed E-state index contributed by atoms with van der Waals surface area (Å²) >= 11 is 0. The van der Waals surface area contributed by atoms with Crippen molar-refractivity contribution >= 4 is 0 Å². The maximum Gasteiger partial charge on any atom is 0.406 e. The Morgan fingerprint density at radius 2 is 1.73 bits per heavy atom. The fourth-order valence-corrected chi connectivity index (χ4v) is 1.91. The van der Waals surface area contributed by atoms with E-state index in [9.17, 15) is 17.6 Å². The molecule has 2 heterocycles. The van der Waals surface area contributed by atoms with Gasteiger partial charge in [0.2, 0.25) is 0 Å². The van der Waals surface area contributed by atoms with Crippen LogP contribution in [0.15, 0.2) is 0 Å². The first-order valence-electron chi connectivity index (χ1n) is 3.38. The molecule has 5 heteroatoms. The zero-order valence-corrected chi connectivity index (χ0v) is 5.63. The molecule has 0 unspecified atom stereocenters. The molecule has 11 heavy (non-hydrogen) atoms. The topological polar surface area (TPSA) is 12.0 Å². The molecule has 64 valence electrons. The molecule has 2 aliphatic heterocycles. The van der Waals surface area contributed by atoms with Crippen molar-refractivity contribution < 1.29 is 17.6 Å². The van der Waals surface area contributed by atoms with E-state index in [4.69, 9.17) is 0 Å². The van der Waals surface area contributed by atoms with Crippen LogP contribution in [0, 0.1) is 0 Å². The summed E-state index contributed by atoms with van der Waals surface area (Å²) in [4.78, 5) is 0. The van der Waals surface area contributed by atoms with Crippen LogP contribution >= 0.6 is 0 Å². The molecule has 0 atom stereocenters. The van der Waals surface area contributed by atoms with Gasteiger partial charge in [0.05, 0.1) is 0 Å². The second-order valence-electron chi connectivity index (χ2n) is 3.44. The zero-order valence-electron chi connectivity index (χ0n) is 5.63. The molecule has 1 aliphatic carbocycles. The Kier molecular flexibility index (Phi) is 1.03. The Hall–Kier alpha value is -0.320. The van der Waals surface area contributed by atoms with Gasteiger partial charge in [-0.3, -0.25) is 0 Å². The summed E-state index contributed by atoms with van der Waals surface area (Å²) in [7, 11) is 0. The molecular weight excluding hydrogens is 162 g/mol. The highest BCUT2D eigenvalue weighted by atomic mass is 19.4. The molecule has 1 saturated carbocycles. The quantitative estimate of drug-likeness (QED) is 0.540. The largest absolute Gasteiger partial charge is 0.406 e. The molecule has 0 amide bonds. The number of halogens is 4. The van der Waals surface area contributed by atoms with Gasteiger partial charge in [0.25, 0.3) is 0 Å². The van der Waals surface area contributed by atoms with Crippen LogP contribution in [-0.2, 0) is 0 Å². The molecule has 0 radical (unpaired) electrons. The van der Waals surface area contributed by atoms with E-state index < -0.39 is 30.2 Å². The first-order chi connectivity index (χ1) is 4.87. The Morgan fingerprint density at radius 3 is 1.91 bits per heavy atom. The summed E-state index contributed by atoms with van der Waals surface area (Å²) in [5.41, 5.74) is -3.46. The Bertz CT molecular complexity index is 191. The number of hydrogen-bond acceptors (Lipinski definition) is 1. The summed E-state index contributed by atoms with van der Waals surface area (Å²) in [6.07, 6.45) is -5.09.